The Morgan fingerprint density at radius 1 is 1.32 bits per heavy atom. The van der Waals surface area contributed by atoms with Crippen molar-refractivity contribution in [1.29, 1.82) is 0 Å². The highest BCUT2D eigenvalue weighted by molar-refractivity contribution is 7.92. The predicted molar refractivity (Wildman–Crippen MR) is 96.0 cm³/mol. The summed E-state index contributed by atoms with van der Waals surface area (Å²) < 4.78 is 30.4. The Balaban J connectivity index is 2.89. The van der Waals surface area contributed by atoms with Gasteiger partial charge in [-0.05, 0) is 33.1 Å². The molecule has 1 aliphatic rings. The Labute approximate surface area is 151 Å². The van der Waals surface area contributed by atoms with E-state index in [4.69, 9.17) is 4.74 Å². The molecule has 8 heteroatoms. The van der Waals surface area contributed by atoms with Crippen molar-refractivity contribution in [1.82, 2.24) is 9.21 Å². The summed E-state index contributed by atoms with van der Waals surface area (Å²) in [6, 6.07) is -0.711. The molecular weight excluding hydrogens is 344 g/mol. The molecule has 0 aromatic rings. The Bertz CT molecular complexity index is 621. The second-order valence-corrected chi connectivity index (χ2v) is 9.61. The van der Waals surface area contributed by atoms with E-state index in [2.05, 4.69) is 6.58 Å². The molecule has 2 atom stereocenters. The second-order valence-electron chi connectivity index (χ2n) is 7.73. The molecule has 1 heterocycles. The molecule has 0 aromatic heterocycles. The minimum absolute atomic E-state index is 0.108. The zero-order valence-electron chi connectivity index (χ0n) is 16.0. The summed E-state index contributed by atoms with van der Waals surface area (Å²) in [5, 5.41) is 0.890. The lowest BCUT2D eigenvalue weighted by Gasteiger charge is -2.33. The van der Waals surface area contributed by atoms with Gasteiger partial charge in [-0.15, -0.1) is 0 Å². The fourth-order valence-electron chi connectivity index (χ4n) is 2.93. The quantitative estimate of drug-likeness (QED) is 0.660. The molecule has 1 saturated heterocycles. The molecule has 1 rings (SSSR count). The van der Waals surface area contributed by atoms with Crippen LogP contribution in [0.25, 0.3) is 0 Å². The minimum atomic E-state index is -3.53. The number of carbonyl (C=O) groups is 2. The topological polar surface area (TPSA) is 84.0 Å². The fraction of sp³-hybridized carbons (Fsp3) is 0.765. The predicted octanol–water partition coefficient (Wildman–Crippen LogP) is 1.61. The average molecular weight is 375 g/mol. The molecule has 0 bridgehead atoms. The third kappa shape index (κ3) is 5.54. The van der Waals surface area contributed by atoms with E-state index < -0.39 is 33.6 Å². The van der Waals surface area contributed by atoms with E-state index in [1.54, 1.807) is 27.8 Å². The number of hydrogen-bond donors (Lipinski definition) is 0. The molecule has 0 saturated carbocycles. The zero-order chi connectivity index (χ0) is 19.6. The number of ether oxygens (including phenoxy) is 1. The highest BCUT2D eigenvalue weighted by atomic mass is 32.2. The molecule has 1 fully saturated rings. The molecule has 0 aliphatic carbocycles. The van der Waals surface area contributed by atoms with Crippen molar-refractivity contribution in [2.45, 2.75) is 52.7 Å². The summed E-state index contributed by atoms with van der Waals surface area (Å²) >= 11 is 0. The maximum Gasteiger partial charge on any atom is 0.329 e. The second kappa shape index (κ2) is 7.86. The van der Waals surface area contributed by atoms with Gasteiger partial charge in [-0.2, -0.15) is 4.31 Å². The maximum absolute atomic E-state index is 12.8. The highest BCUT2D eigenvalue weighted by Gasteiger charge is 2.39. The van der Waals surface area contributed by atoms with Gasteiger partial charge in [-0.1, -0.05) is 20.4 Å². The van der Waals surface area contributed by atoms with Crippen LogP contribution in [0.4, 0.5) is 0 Å². The van der Waals surface area contributed by atoms with E-state index >= 15 is 0 Å². The molecular formula is C17H30N2O5S. The summed E-state index contributed by atoms with van der Waals surface area (Å²) in [4.78, 5) is 26.7. The van der Waals surface area contributed by atoms with Crippen LogP contribution in [-0.4, -0.2) is 61.3 Å². The first-order chi connectivity index (χ1) is 11.3. The standard InChI is InChI=1S/C17H30N2O5S/c1-8-25(22,23)19-10-9-13(11-19)15(20)18(7)14(12(2)3)16(21)24-17(4,5)6/h8,12-14H,1,9-11H2,2-7H3/t13-,14-/m0/s1. The maximum atomic E-state index is 12.8. The third-order valence-corrected chi connectivity index (χ3v) is 5.59. The minimum Gasteiger partial charge on any atom is -0.458 e. The lowest BCUT2D eigenvalue weighted by Crippen LogP contribution is -2.50. The van der Waals surface area contributed by atoms with Gasteiger partial charge in [0.25, 0.3) is 0 Å². The van der Waals surface area contributed by atoms with Crippen LogP contribution in [0.5, 0.6) is 0 Å². The molecule has 1 aliphatic heterocycles. The monoisotopic (exact) mass is 374 g/mol. The van der Waals surface area contributed by atoms with E-state index in [-0.39, 0.29) is 24.9 Å². The van der Waals surface area contributed by atoms with Gasteiger partial charge in [0.1, 0.15) is 11.6 Å². The van der Waals surface area contributed by atoms with Crippen LogP contribution >= 0.6 is 0 Å². The SMILES string of the molecule is C=CS(=O)(=O)N1CC[C@H](C(=O)N(C)[C@H](C(=O)OC(C)(C)C)C(C)C)C1. The molecule has 7 nitrogen and oxygen atoms in total. The van der Waals surface area contributed by atoms with Crippen LogP contribution in [0.3, 0.4) is 0 Å². The lowest BCUT2D eigenvalue weighted by molar-refractivity contribution is -0.166. The Kier molecular flexibility index (Phi) is 6.81. The summed E-state index contributed by atoms with van der Waals surface area (Å²) in [5.74, 6) is -1.29. The highest BCUT2D eigenvalue weighted by Crippen LogP contribution is 2.24. The van der Waals surface area contributed by atoms with Crippen LogP contribution in [0.15, 0.2) is 12.0 Å². The van der Waals surface area contributed by atoms with Gasteiger partial charge in [-0.25, -0.2) is 13.2 Å². The Morgan fingerprint density at radius 2 is 1.88 bits per heavy atom. The van der Waals surface area contributed by atoms with Crippen LogP contribution in [0, 0.1) is 11.8 Å². The first kappa shape index (κ1) is 21.6. The number of likely N-dealkylation sites (N-methyl/N-ethyl adjacent to an activating group) is 1. The fourth-order valence-corrected chi connectivity index (χ4v) is 3.89. The van der Waals surface area contributed by atoms with Crippen molar-refractivity contribution in [3.05, 3.63) is 12.0 Å². The average Bonchev–Trinajstić information content (AvgIpc) is 2.94. The van der Waals surface area contributed by atoms with Crippen molar-refractivity contribution >= 4 is 21.9 Å². The number of esters is 1. The van der Waals surface area contributed by atoms with Crippen molar-refractivity contribution in [3.63, 3.8) is 0 Å². The van der Waals surface area contributed by atoms with Crippen molar-refractivity contribution in [2.75, 3.05) is 20.1 Å². The van der Waals surface area contributed by atoms with Crippen LogP contribution in [-0.2, 0) is 24.3 Å². The Hall–Kier alpha value is -1.41. The number of hydrogen-bond acceptors (Lipinski definition) is 5. The molecule has 0 N–H and O–H groups in total. The first-order valence-corrected chi connectivity index (χ1v) is 9.92. The van der Waals surface area contributed by atoms with E-state index in [1.165, 1.54) is 9.21 Å². The van der Waals surface area contributed by atoms with Crippen LogP contribution in [0.1, 0.15) is 41.0 Å². The van der Waals surface area contributed by atoms with Crippen LogP contribution in [0.2, 0.25) is 0 Å². The van der Waals surface area contributed by atoms with Gasteiger partial charge in [0.2, 0.25) is 15.9 Å². The van der Waals surface area contributed by atoms with Crippen molar-refractivity contribution < 1.29 is 22.7 Å². The van der Waals surface area contributed by atoms with Crippen LogP contribution < -0.4 is 0 Å². The summed E-state index contributed by atoms with van der Waals surface area (Å²) in [6.45, 7) is 12.7. The van der Waals surface area contributed by atoms with Crippen molar-refractivity contribution in [3.8, 4) is 0 Å². The van der Waals surface area contributed by atoms with Gasteiger partial charge in [0, 0.05) is 25.5 Å². The van der Waals surface area contributed by atoms with Gasteiger partial charge >= 0.3 is 5.97 Å². The van der Waals surface area contributed by atoms with Crippen molar-refractivity contribution in [2.24, 2.45) is 11.8 Å². The van der Waals surface area contributed by atoms with E-state index in [1.807, 2.05) is 13.8 Å². The number of rotatable bonds is 6. The van der Waals surface area contributed by atoms with Gasteiger partial charge in [0.05, 0.1) is 5.92 Å². The lowest BCUT2D eigenvalue weighted by atomic mass is 9.99. The molecule has 0 unspecified atom stereocenters. The Morgan fingerprint density at radius 3 is 2.32 bits per heavy atom. The summed E-state index contributed by atoms with van der Waals surface area (Å²) in [7, 11) is -1.96. The molecule has 1 amide bonds. The molecule has 25 heavy (non-hydrogen) atoms. The largest absolute Gasteiger partial charge is 0.458 e. The smallest absolute Gasteiger partial charge is 0.329 e. The number of sulfonamides is 1. The zero-order valence-corrected chi connectivity index (χ0v) is 16.8. The van der Waals surface area contributed by atoms with Gasteiger partial charge in [-0.3, -0.25) is 4.79 Å². The molecule has 0 spiro atoms. The molecule has 0 aromatic carbocycles. The summed E-state index contributed by atoms with van der Waals surface area (Å²) in [6.07, 6.45) is 0.426. The van der Waals surface area contributed by atoms with E-state index in [0.29, 0.717) is 6.42 Å². The number of amides is 1. The van der Waals surface area contributed by atoms with Gasteiger partial charge < -0.3 is 9.64 Å². The first-order valence-electron chi connectivity index (χ1n) is 8.42. The molecule has 144 valence electrons. The number of carbonyl (C=O) groups excluding carboxylic acids is 2. The normalized spacial score (nSPS) is 20.4. The number of nitrogens with zero attached hydrogens (tertiary/aromatic N) is 2. The van der Waals surface area contributed by atoms with E-state index in [9.17, 15) is 18.0 Å². The van der Waals surface area contributed by atoms with E-state index in [0.717, 1.165) is 5.41 Å². The van der Waals surface area contributed by atoms with Gasteiger partial charge in [0.15, 0.2) is 0 Å². The third-order valence-electron chi connectivity index (χ3n) is 4.12. The summed E-state index contributed by atoms with van der Waals surface area (Å²) in [5.41, 5.74) is -0.643. The molecule has 0 radical (unpaired) electrons.